The standard InChI is InChI=1S/C25H24ClN3O3/c1-17(2)16-27-32-23(18-8-4-3-5-9-18)19-12-14-20(15-13-19)28-25(31)29-24(30)21-10-6-7-11-22(21)26/h3-17,23H,1-2H3,(H2,28,29,30,31). The molecule has 32 heavy (non-hydrogen) atoms. The number of oxime groups is 1. The van der Waals surface area contributed by atoms with Crippen molar-refractivity contribution in [2.45, 2.75) is 20.0 Å². The van der Waals surface area contributed by atoms with Crippen LogP contribution in [0.2, 0.25) is 5.02 Å². The average molecular weight is 450 g/mol. The summed E-state index contributed by atoms with van der Waals surface area (Å²) in [5, 5.41) is 9.29. The highest BCUT2D eigenvalue weighted by atomic mass is 35.5. The molecule has 0 aliphatic rings. The van der Waals surface area contributed by atoms with E-state index < -0.39 is 18.0 Å². The minimum absolute atomic E-state index is 0.226. The number of hydrogen-bond donors (Lipinski definition) is 2. The molecule has 0 bridgehead atoms. The first-order valence-corrected chi connectivity index (χ1v) is 10.5. The van der Waals surface area contributed by atoms with E-state index in [2.05, 4.69) is 15.8 Å². The Balaban J connectivity index is 1.68. The van der Waals surface area contributed by atoms with Gasteiger partial charge in [0.1, 0.15) is 0 Å². The zero-order valence-corrected chi connectivity index (χ0v) is 18.5. The molecule has 0 heterocycles. The SMILES string of the molecule is CC(C)C=NOC(c1ccccc1)c1ccc(NC(=O)NC(=O)c2ccccc2Cl)cc1. The van der Waals surface area contributed by atoms with Gasteiger partial charge in [-0.3, -0.25) is 10.1 Å². The van der Waals surface area contributed by atoms with Crippen molar-refractivity contribution < 1.29 is 14.4 Å². The van der Waals surface area contributed by atoms with E-state index in [9.17, 15) is 9.59 Å². The van der Waals surface area contributed by atoms with Gasteiger partial charge in [0.15, 0.2) is 6.10 Å². The molecule has 2 N–H and O–H groups in total. The van der Waals surface area contributed by atoms with E-state index in [1.807, 2.05) is 56.3 Å². The van der Waals surface area contributed by atoms with Gasteiger partial charge in [-0.05, 0) is 41.3 Å². The first kappa shape index (κ1) is 23.0. The molecule has 0 aromatic heterocycles. The minimum Gasteiger partial charge on any atom is -0.383 e. The lowest BCUT2D eigenvalue weighted by atomic mass is 10.0. The Labute approximate surface area is 192 Å². The molecular weight excluding hydrogens is 426 g/mol. The van der Waals surface area contributed by atoms with Crippen molar-refractivity contribution >= 4 is 35.4 Å². The number of urea groups is 1. The van der Waals surface area contributed by atoms with Gasteiger partial charge in [0, 0.05) is 11.9 Å². The second kappa shape index (κ2) is 11.1. The first-order chi connectivity index (χ1) is 15.4. The summed E-state index contributed by atoms with van der Waals surface area (Å²) in [5.74, 6) is -0.310. The summed E-state index contributed by atoms with van der Waals surface area (Å²) >= 11 is 6.00. The maximum atomic E-state index is 12.2. The Morgan fingerprint density at radius 2 is 1.53 bits per heavy atom. The third kappa shape index (κ3) is 6.43. The summed E-state index contributed by atoms with van der Waals surface area (Å²) in [6.45, 7) is 4.04. The Bertz CT molecular complexity index is 1080. The Morgan fingerprint density at radius 1 is 0.906 bits per heavy atom. The van der Waals surface area contributed by atoms with Crippen LogP contribution in [0.5, 0.6) is 0 Å². The number of carbonyl (C=O) groups is 2. The summed E-state index contributed by atoms with van der Waals surface area (Å²) in [5.41, 5.74) is 2.58. The summed E-state index contributed by atoms with van der Waals surface area (Å²) in [4.78, 5) is 30.2. The lowest BCUT2D eigenvalue weighted by molar-refractivity contribution is 0.0877. The third-order valence-corrected chi connectivity index (χ3v) is 4.77. The average Bonchev–Trinajstić information content (AvgIpc) is 2.78. The predicted molar refractivity (Wildman–Crippen MR) is 127 cm³/mol. The normalized spacial score (nSPS) is 11.9. The molecule has 1 atom stereocenters. The van der Waals surface area contributed by atoms with Crippen LogP contribution in [0.4, 0.5) is 10.5 Å². The van der Waals surface area contributed by atoms with Crippen molar-refractivity contribution in [2.75, 3.05) is 5.32 Å². The van der Waals surface area contributed by atoms with Crippen LogP contribution in [-0.2, 0) is 4.84 Å². The second-order valence-electron chi connectivity index (χ2n) is 7.40. The van der Waals surface area contributed by atoms with E-state index in [4.69, 9.17) is 16.4 Å². The number of nitrogens with zero attached hydrogens (tertiary/aromatic N) is 1. The Hall–Kier alpha value is -3.64. The van der Waals surface area contributed by atoms with Crippen molar-refractivity contribution in [1.29, 1.82) is 0 Å². The van der Waals surface area contributed by atoms with Gasteiger partial charge in [-0.25, -0.2) is 4.79 Å². The quantitative estimate of drug-likeness (QED) is 0.340. The topological polar surface area (TPSA) is 79.8 Å². The summed E-state index contributed by atoms with van der Waals surface area (Å²) in [6, 6.07) is 22.8. The van der Waals surface area contributed by atoms with Crippen LogP contribution in [0, 0.1) is 5.92 Å². The summed E-state index contributed by atoms with van der Waals surface area (Å²) in [7, 11) is 0. The fourth-order valence-electron chi connectivity index (χ4n) is 2.88. The van der Waals surface area contributed by atoms with Gasteiger partial charge in [0.25, 0.3) is 5.91 Å². The van der Waals surface area contributed by atoms with Gasteiger partial charge in [-0.15, -0.1) is 0 Å². The fraction of sp³-hybridized carbons (Fsp3) is 0.160. The predicted octanol–water partition coefficient (Wildman–Crippen LogP) is 6.05. The molecule has 7 heteroatoms. The Morgan fingerprint density at radius 3 is 2.19 bits per heavy atom. The molecule has 3 aromatic carbocycles. The van der Waals surface area contributed by atoms with Crippen LogP contribution in [0.1, 0.15) is 41.4 Å². The van der Waals surface area contributed by atoms with Gasteiger partial charge in [0.05, 0.1) is 10.6 Å². The van der Waals surface area contributed by atoms with Crippen molar-refractivity contribution in [3.8, 4) is 0 Å². The number of rotatable bonds is 7. The number of carbonyl (C=O) groups excluding carboxylic acids is 2. The number of hydrogen-bond acceptors (Lipinski definition) is 4. The van der Waals surface area contributed by atoms with Crippen molar-refractivity contribution in [3.63, 3.8) is 0 Å². The summed E-state index contributed by atoms with van der Waals surface area (Å²) in [6.07, 6.45) is 1.35. The molecular formula is C25H24ClN3O3. The monoisotopic (exact) mass is 449 g/mol. The van der Waals surface area contributed by atoms with Gasteiger partial charge >= 0.3 is 6.03 Å². The molecule has 1 unspecified atom stereocenters. The number of benzene rings is 3. The zero-order valence-electron chi connectivity index (χ0n) is 17.8. The third-order valence-electron chi connectivity index (χ3n) is 4.44. The molecule has 3 rings (SSSR count). The fourth-order valence-corrected chi connectivity index (χ4v) is 3.10. The zero-order chi connectivity index (χ0) is 22.9. The second-order valence-corrected chi connectivity index (χ2v) is 7.81. The number of halogens is 1. The lowest BCUT2D eigenvalue weighted by Crippen LogP contribution is -2.34. The van der Waals surface area contributed by atoms with Gasteiger partial charge in [-0.1, -0.05) is 85.2 Å². The first-order valence-electron chi connectivity index (χ1n) is 10.1. The van der Waals surface area contributed by atoms with Crippen LogP contribution in [0.3, 0.4) is 0 Å². The number of nitrogens with one attached hydrogen (secondary N) is 2. The molecule has 0 saturated carbocycles. The summed E-state index contributed by atoms with van der Waals surface area (Å²) < 4.78 is 0. The lowest BCUT2D eigenvalue weighted by Gasteiger charge is -2.17. The van der Waals surface area contributed by atoms with Crippen LogP contribution in [-0.4, -0.2) is 18.2 Å². The van der Waals surface area contributed by atoms with Crippen LogP contribution in [0.15, 0.2) is 84.0 Å². The molecule has 164 valence electrons. The van der Waals surface area contributed by atoms with Crippen molar-refractivity contribution in [3.05, 3.63) is 101 Å². The van der Waals surface area contributed by atoms with Crippen molar-refractivity contribution in [1.82, 2.24) is 5.32 Å². The number of anilines is 1. The highest BCUT2D eigenvalue weighted by Gasteiger charge is 2.17. The van der Waals surface area contributed by atoms with E-state index in [-0.39, 0.29) is 16.5 Å². The molecule has 0 aliphatic carbocycles. The maximum absolute atomic E-state index is 12.2. The molecule has 0 spiro atoms. The molecule has 0 aliphatic heterocycles. The number of amides is 3. The molecule has 0 fully saturated rings. The van der Waals surface area contributed by atoms with Crippen LogP contribution in [0.25, 0.3) is 0 Å². The molecule has 0 saturated heterocycles. The molecule has 3 amide bonds. The highest BCUT2D eigenvalue weighted by Crippen LogP contribution is 2.27. The van der Waals surface area contributed by atoms with E-state index >= 15 is 0 Å². The highest BCUT2D eigenvalue weighted by molar-refractivity contribution is 6.34. The molecule has 6 nitrogen and oxygen atoms in total. The largest absolute Gasteiger partial charge is 0.383 e. The smallest absolute Gasteiger partial charge is 0.326 e. The van der Waals surface area contributed by atoms with Gasteiger partial charge in [0.2, 0.25) is 0 Å². The van der Waals surface area contributed by atoms with Crippen LogP contribution < -0.4 is 10.6 Å². The van der Waals surface area contributed by atoms with Gasteiger partial charge < -0.3 is 10.2 Å². The van der Waals surface area contributed by atoms with Crippen LogP contribution >= 0.6 is 11.6 Å². The minimum atomic E-state index is -0.653. The maximum Gasteiger partial charge on any atom is 0.326 e. The number of imide groups is 1. The molecule has 3 aromatic rings. The van der Waals surface area contributed by atoms with E-state index in [0.29, 0.717) is 5.69 Å². The van der Waals surface area contributed by atoms with Gasteiger partial charge in [-0.2, -0.15) is 0 Å². The van der Waals surface area contributed by atoms with E-state index in [0.717, 1.165) is 11.1 Å². The van der Waals surface area contributed by atoms with E-state index in [1.165, 1.54) is 0 Å². The van der Waals surface area contributed by atoms with Crippen molar-refractivity contribution in [2.24, 2.45) is 11.1 Å². The van der Waals surface area contributed by atoms with E-state index in [1.54, 1.807) is 42.6 Å². The Kier molecular flexibility index (Phi) is 8.00. The molecule has 0 radical (unpaired) electrons.